The van der Waals surface area contributed by atoms with Gasteiger partial charge in [-0.2, -0.15) is 5.10 Å². The molecule has 1 aromatic heterocycles. The number of carboxylic acids is 1. The number of benzene rings is 1. The highest BCUT2D eigenvalue weighted by atomic mass is 19.1. The Balaban J connectivity index is 2.22. The first kappa shape index (κ1) is 13.9. The minimum Gasteiger partial charge on any atom is -0.478 e. The van der Waals surface area contributed by atoms with E-state index in [0.29, 0.717) is 23.5 Å². The maximum atomic E-state index is 14.0. The van der Waals surface area contributed by atoms with Crippen LogP contribution in [-0.2, 0) is 11.3 Å². The Kier molecular flexibility index (Phi) is 3.93. The van der Waals surface area contributed by atoms with E-state index in [4.69, 9.17) is 5.11 Å². The van der Waals surface area contributed by atoms with E-state index in [-0.39, 0.29) is 0 Å². The minimum absolute atomic E-state index is 0.293. The molecule has 0 amide bonds. The molecule has 2 aromatic rings. The van der Waals surface area contributed by atoms with Crippen molar-refractivity contribution in [1.82, 2.24) is 14.8 Å². The smallest absolute Gasteiger partial charge is 0.328 e. The van der Waals surface area contributed by atoms with Crippen molar-refractivity contribution in [3.8, 4) is 0 Å². The molecule has 0 bridgehead atoms. The normalized spacial score (nSPS) is 11.2. The van der Waals surface area contributed by atoms with Crippen molar-refractivity contribution in [2.45, 2.75) is 20.4 Å². The molecule has 1 heterocycles. The van der Waals surface area contributed by atoms with Gasteiger partial charge in [-0.3, -0.25) is 0 Å². The molecule has 2 rings (SSSR count). The van der Waals surface area contributed by atoms with Crippen LogP contribution in [0.15, 0.2) is 24.3 Å². The zero-order chi connectivity index (χ0) is 14.7. The summed E-state index contributed by atoms with van der Waals surface area (Å²) >= 11 is 0. The van der Waals surface area contributed by atoms with Gasteiger partial charge in [0.25, 0.3) is 0 Å². The van der Waals surface area contributed by atoms with Crippen LogP contribution in [0.3, 0.4) is 0 Å². The molecule has 0 fully saturated rings. The molecule has 0 atom stereocenters. The first-order chi connectivity index (χ1) is 9.45. The lowest BCUT2D eigenvalue weighted by Crippen LogP contribution is -2.06. The third-order valence-electron chi connectivity index (χ3n) is 2.78. The van der Waals surface area contributed by atoms with Crippen LogP contribution in [0.4, 0.5) is 4.39 Å². The van der Waals surface area contributed by atoms with Crippen molar-refractivity contribution in [3.63, 3.8) is 0 Å². The van der Waals surface area contributed by atoms with E-state index in [9.17, 15) is 9.18 Å². The van der Waals surface area contributed by atoms with Crippen molar-refractivity contribution in [2.75, 3.05) is 0 Å². The van der Waals surface area contributed by atoms with Crippen molar-refractivity contribution in [3.05, 3.63) is 52.9 Å². The molecule has 0 saturated heterocycles. The quantitative estimate of drug-likeness (QED) is 0.868. The Hall–Kier alpha value is -2.50. The lowest BCUT2D eigenvalue weighted by atomic mass is 10.1. The zero-order valence-corrected chi connectivity index (χ0v) is 11.2. The fourth-order valence-corrected chi connectivity index (χ4v) is 1.84. The fourth-order valence-electron chi connectivity index (χ4n) is 1.84. The summed E-state index contributed by atoms with van der Waals surface area (Å²) in [6.45, 7) is 3.88. The van der Waals surface area contributed by atoms with Gasteiger partial charge in [-0.1, -0.05) is 12.1 Å². The standard InChI is InChI=1S/C14H14FN3O2/c1-9-16-10(2)18(17-9)8-12-5-3-11(7-13(12)15)4-6-14(19)20/h3-7H,8H2,1-2H3,(H,19,20). The topological polar surface area (TPSA) is 68.0 Å². The number of hydrogen-bond donors (Lipinski definition) is 1. The Morgan fingerprint density at radius 3 is 2.75 bits per heavy atom. The van der Waals surface area contributed by atoms with Gasteiger partial charge in [-0.05, 0) is 31.6 Å². The summed E-state index contributed by atoms with van der Waals surface area (Å²) in [5, 5.41) is 12.7. The Bertz CT molecular complexity index is 677. The first-order valence-corrected chi connectivity index (χ1v) is 6.03. The van der Waals surface area contributed by atoms with Gasteiger partial charge in [0.2, 0.25) is 0 Å². The van der Waals surface area contributed by atoms with Crippen LogP contribution >= 0.6 is 0 Å². The maximum absolute atomic E-state index is 14.0. The van der Waals surface area contributed by atoms with Gasteiger partial charge in [0.1, 0.15) is 17.5 Å². The summed E-state index contributed by atoms with van der Waals surface area (Å²) in [5.41, 5.74) is 0.977. The van der Waals surface area contributed by atoms with E-state index in [2.05, 4.69) is 10.1 Å². The molecule has 6 heteroatoms. The lowest BCUT2D eigenvalue weighted by molar-refractivity contribution is -0.131. The SMILES string of the molecule is Cc1nc(C)n(Cc2ccc(C=CC(=O)O)cc2F)n1. The van der Waals surface area contributed by atoms with Crippen LogP contribution in [0.5, 0.6) is 0 Å². The van der Waals surface area contributed by atoms with Crippen molar-refractivity contribution in [2.24, 2.45) is 0 Å². The Morgan fingerprint density at radius 2 is 2.20 bits per heavy atom. The molecule has 0 spiro atoms. The highest BCUT2D eigenvalue weighted by Gasteiger charge is 2.07. The number of nitrogens with zero attached hydrogens (tertiary/aromatic N) is 3. The van der Waals surface area contributed by atoms with Gasteiger partial charge < -0.3 is 5.11 Å². The number of rotatable bonds is 4. The van der Waals surface area contributed by atoms with E-state index < -0.39 is 11.8 Å². The summed E-state index contributed by atoms with van der Waals surface area (Å²) in [4.78, 5) is 14.6. The van der Waals surface area contributed by atoms with Crippen LogP contribution in [0.1, 0.15) is 22.8 Å². The molecule has 0 aliphatic heterocycles. The number of hydrogen-bond acceptors (Lipinski definition) is 3. The molecule has 0 unspecified atom stereocenters. The van der Waals surface area contributed by atoms with Gasteiger partial charge in [0, 0.05) is 11.6 Å². The van der Waals surface area contributed by atoms with Crippen LogP contribution in [0.2, 0.25) is 0 Å². The van der Waals surface area contributed by atoms with Crippen molar-refractivity contribution >= 4 is 12.0 Å². The molecule has 0 saturated carbocycles. The second-order valence-corrected chi connectivity index (χ2v) is 4.39. The second-order valence-electron chi connectivity index (χ2n) is 4.39. The van der Waals surface area contributed by atoms with Gasteiger partial charge in [0.05, 0.1) is 6.54 Å². The molecule has 5 nitrogen and oxygen atoms in total. The van der Waals surface area contributed by atoms with E-state index in [1.807, 2.05) is 6.92 Å². The van der Waals surface area contributed by atoms with Crippen LogP contribution in [0, 0.1) is 19.7 Å². The highest BCUT2D eigenvalue weighted by Crippen LogP contribution is 2.13. The average Bonchev–Trinajstić information content (AvgIpc) is 2.68. The Labute approximate surface area is 115 Å². The van der Waals surface area contributed by atoms with Gasteiger partial charge in [-0.15, -0.1) is 0 Å². The minimum atomic E-state index is -1.07. The lowest BCUT2D eigenvalue weighted by Gasteiger charge is -2.05. The molecule has 104 valence electrons. The average molecular weight is 275 g/mol. The maximum Gasteiger partial charge on any atom is 0.328 e. The summed E-state index contributed by atoms with van der Waals surface area (Å²) in [6, 6.07) is 4.58. The van der Waals surface area contributed by atoms with Gasteiger partial charge in [0.15, 0.2) is 0 Å². The van der Waals surface area contributed by atoms with E-state index in [1.54, 1.807) is 23.7 Å². The van der Waals surface area contributed by atoms with E-state index >= 15 is 0 Å². The summed E-state index contributed by atoms with van der Waals surface area (Å²) < 4.78 is 15.6. The predicted octanol–water partition coefficient (Wildman–Crippen LogP) is 2.18. The number of aliphatic carboxylic acids is 1. The number of aryl methyl sites for hydroxylation is 2. The van der Waals surface area contributed by atoms with Gasteiger partial charge in [-0.25, -0.2) is 18.9 Å². The molecule has 0 radical (unpaired) electrons. The largest absolute Gasteiger partial charge is 0.478 e. The fraction of sp³-hybridized carbons (Fsp3) is 0.214. The third-order valence-corrected chi connectivity index (χ3v) is 2.78. The molecular weight excluding hydrogens is 261 g/mol. The second kappa shape index (κ2) is 5.64. The molecule has 1 N–H and O–H groups in total. The molecule has 0 aliphatic carbocycles. The molecular formula is C14H14FN3O2. The monoisotopic (exact) mass is 275 g/mol. The number of halogens is 1. The first-order valence-electron chi connectivity index (χ1n) is 6.03. The zero-order valence-electron chi connectivity index (χ0n) is 11.2. The van der Waals surface area contributed by atoms with E-state index in [1.165, 1.54) is 12.1 Å². The third kappa shape index (κ3) is 3.28. The predicted molar refractivity (Wildman–Crippen MR) is 71.7 cm³/mol. The Morgan fingerprint density at radius 1 is 1.45 bits per heavy atom. The van der Waals surface area contributed by atoms with E-state index in [0.717, 1.165) is 11.9 Å². The molecule has 20 heavy (non-hydrogen) atoms. The summed E-state index contributed by atoms with van der Waals surface area (Å²) in [6.07, 6.45) is 2.32. The van der Waals surface area contributed by atoms with Crippen LogP contribution in [-0.4, -0.2) is 25.8 Å². The number of carbonyl (C=O) groups is 1. The summed E-state index contributed by atoms with van der Waals surface area (Å²) in [7, 11) is 0. The van der Waals surface area contributed by atoms with Crippen LogP contribution < -0.4 is 0 Å². The van der Waals surface area contributed by atoms with Crippen molar-refractivity contribution in [1.29, 1.82) is 0 Å². The number of carboxylic acid groups (broad SMARTS) is 1. The highest BCUT2D eigenvalue weighted by molar-refractivity contribution is 5.85. The van der Waals surface area contributed by atoms with Crippen LogP contribution in [0.25, 0.3) is 6.08 Å². The summed E-state index contributed by atoms with van der Waals surface area (Å²) in [5.74, 6) is -0.103. The van der Waals surface area contributed by atoms with Gasteiger partial charge >= 0.3 is 5.97 Å². The molecule has 1 aromatic carbocycles. The number of aromatic nitrogens is 3. The van der Waals surface area contributed by atoms with Crippen molar-refractivity contribution < 1.29 is 14.3 Å². The molecule has 0 aliphatic rings.